The summed E-state index contributed by atoms with van der Waals surface area (Å²) in [5.41, 5.74) is 0.772. The number of hydrogen-bond acceptors (Lipinski definition) is 4. The summed E-state index contributed by atoms with van der Waals surface area (Å²) in [6.07, 6.45) is 1.72. The van der Waals surface area contributed by atoms with Crippen molar-refractivity contribution in [1.82, 2.24) is 10.3 Å². The van der Waals surface area contributed by atoms with E-state index >= 15 is 0 Å². The van der Waals surface area contributed by atoms with Gasteiger partial charge in [0, 0.05) is 11.0 Å². The second-order valence-corrected chi connectivity index (χ2v) is 4.63. The Morgan fingerprint density at radius 1 is 1.53 bits per heavy atom. The Kier molecular flexibility index (Phi) is 4.04. The average Bonchev–Trinajstić information content (AvgIpc) is 2.72. The number of nitrogens with zero attached hydrogens (tertiary/aromatic N) is 1. The Hall–Kier alpha value is -1.04. The third-order valence-electron chi connectivity index (χ3n) is 1.98. The molecule has 2 rings (SSSR count). The van der Waals surface area contributed by atoms with Crippen molar-refractivity contribution in [2.24, 2.45) is 0 Å². The molecule has 6 heteroatoms. The minimum absolute atomic E-state index is 0.176. The third kappa shape index (κ3) is 3.21. The summed E-state index contributed by atoms with van der Waals surface area (Å²) in [6.45, 7) is 0.624. The predicted molar refractivity (Wildman–Crippen MR) is 68.5 cm³/mol. The van der Waals surface area contributed by atoms with Crippen molar-refractivity contribution in [2.75, 3.05) is 7.05 Å². The third-order valence-corrected chi connectivity index (χ3v) is 2.78. The molecule has 4 nitrogen and oxygen atoms in total. The first-order valence-electron chi connectivity index (χ1n) is 4.91. The largest absolute Gasteiger partial charge is 0.417 e. The van der Waals surface area contributed by atoms with Gasteiger partial charge in [0.05, 0.1) is 10.7 Å². The summed E-state index contributed by atoms with van der Waals surface area (Å²) in [7, 11) is 1.83. The van der Waals surface area contributed by atoms with Gasteiger partial charge in [-0.15, -0.1) is 0 Å². The Labute approximate surface area is 112 Å². The maximum absolute atomic E-state index is 5.99. The van der Waals surface area contributed by atoms with E-state index in [1.807, 2.05) is 13.1 Å². The van der Waals surface area contributed by atoms with E-state index in [1.165, 1.54) is 6.26 Å². The van der Waals surface area contributed by atoms with Crippen LogP contribution in [0, 0.1) is 0 Å². The van der Waals surface area contributed by atoms with Crippen molar-refractivity contribution in [3.63, 3.8) is 0 Å². The standard InChI is InChI=1S/C11H10BrClN2O2/c1-14-5-8-6-16-11(15-8)17-10-4-7(12)2-3-9(10)13/h2-4,6,14H,5H2,1H3. The van der Waals surface area contributed by atoms with Gasteiger partial charge in [-0.3, -0.25) is 0 Å². The van der Waals surface area contributed by atoms with Crippen LogP contribution < -0.4 is 10.1 Å². The Balaban J connectivity index is 2.16. The molecule has 0 aliphatic rings. The fourth-order valence-electron chi connectivity index (χ4n) is 1.25. The van der Waals surface area contributed by atoms with Crippen LogP contribution in [0.5, 0.6) is 11.8 Å². The smallest absolute Gasteiger partial charge is 0.399 e. The van der Waals surface area contributed by atoms with Crippen LogP contribution in [0.15, 0.2) is 33.4 Å². The lowest BCUT2D eigenvalue weighted by Crippen LogP contribution is -2.04. The van der Waals surface area contributed by atoms with E-state index in [4.69, 9.17) is 20.8 Å². The SMILES string of the molecule is CNCc1coc(Oc2cc(Br)ccc2Cl)n1. The van der Waals surface area contributed by atoms with Crippen LogP contribution in [0.4, 0.5) is 0 Å². The number of rotatable bonds is 4. The molecule has 0 bridgehead atoms. The quantitative estimate of drug-likeness (QED) is 0.936. The van der Waals surface area contributed by atoms with Crippen molar-refractivity contribution in [2.45, 2.75) is 6.54 Å². The predicted octanol–water partition coefficient (Wildman–Crippen LogP) is 3.60. The van der Waals surface area contributed by atoms with E-state index in [-0.39, 0.29) is 6.08 Å². The van der Waals surface area contributed by atoms with Gasteiger partial charge < -0.3 is 14.5 Å². The van der Waals surface area contributed by atoms with Gasteiger partial charge in [0.2, 0.25) is 0 Å². The molecule has 90 valence electrons. The summed E-state index contributed by atoms with van der Waals surface area (Å²) < 4.78 is 11.5. The number of benzene rings is 1. The molecule has 17 heavy (non-hydrogen) atoms. The fraction of sp³-hybridized carbons (Fsp3) is 0.182. The molecular formula is C11H10BrClN2O2. The van der Waals surface area contributed by atoms with Crippen molar-refractivity contribution >= 4 is 27.5 Å². The lowest BCUT2D eigenvalue weighted by atomic mass is 10.3. The zero-order valence-electron chi connectivity index (χ0n) is 9.04. The fourth-order valence-corrected chi connectivity index (χ4v) is 1.74. The van der Waals surface area contributed by atoms with Crippen LogP contribution in [-0.4, -0.2) is 12.0 Å². The first-order valence-corrected chi connectivity index (χ1v) is 6.08. The summed E-state index contributed by atoms with van der Waals surface area (Å²) >= 11 is 9.33. The number of aromatic nitrogens is 1. The van der Waals surface area contributed by atoms with Gasteiger partial charge in [-0.2, -0.15) is 4.98 Å². The Bertz CT molecular complexity index is 516. The zero-order chi connectivity index (χ0) is 12.3. The van der Waals surface area contributed by atoms with Gasteiger partial charge in [-0.25, -0.2) is 0 Å². The maximum Gasteiger partial charge on any atom is 0.399 e. The summed E-state index contributed by atoms with van der Waals surface area (Å²) in [6, 6.07) is 5.32. The molecule has 1 aromatic heterocycles. The summed E-state index contributed by atoms with van der Waals surface area (Å²) in [4.78, 5) is 4.14. The molecular weight excluding hydrogens is 307 g/mol. The second-order valence-electron chi connectivity index (χ2n) is 3.31. The highest BCUT2D eigenvalue weighted by Gasteiger charge is 2.09. The van der Waals surface area contributed by atoms with E-state index < -0.39 is 0 Å². The molecule has 0 radical (unpaired) electrons. The molecule has 1 aromatic carbocycles. The molecule has 0 spiro atoms. The first-order chi connectivity index (χ1) is 8.19. The molecule has 0 saturated carbocycles. The van der Waals surface area contributed by atoms with Crippen molar-refractivity contribution in [3.8, 4) is 11.8 Å². The Morgan fingerprint density at radius 3 is 3.12 bits per heavy atom. The van der Waals surface area contributed by atoms with Crippen LogP contribution in [0.3, 0.4) is 0 Å². The lowest BCUT2D eigenvalue weighted by molar-refractivity contribution is 0.330. The molecule has 0 amide bonds. The molecule has 1 N–H and O–H groups in total. The summed E-state index contributed by atoms with van der Waals surface area (Å²) in [5.74, 6) is 0.499. The molecule has 0 fully saturated rings. The highest BCUT2D eigenvalue weighted by molar-refractivity contribution is 9.10. The topological polar surface area (TPSA) is 47.3 Å². The van der Waals surface area contributed by atoms with E-state index in [9.17, 15) is 0 Å². The van der Waals surface area contributed by atoms with Crippen molar-refractivity contribution < 1.29 is 9.15 Å². The molecule has 0 aliphatic heterocycles. The van der Waals surface area contributed by atoms with Gasteiger partial charge >= 0.3 is 6.08 Å². The number of oxazole rings is 1. The number of nitrogens with one attached hydrogen (secondary N) is 1. The van der Waals surface area contributed by atoms with Crippen LogP contribution in [-0.2, 0) is 6.54 Å². The second kappa shape index (κ2) is 5.53. The van der Waals surface area contributed by atoms with Crippen LogP contribution in [0.1, 0.15) is 5.69 Å². The van der Waals surface area contributed by atoms with Crippen LogP contribution in [0.2, 0.25) is 5.02 Å². The summed E-state index contributed by atoms with van der Waals surface area (Å²) in [5, 5.41) is 3.47. The average molecular weight is 318 g/mol. The van der Waals surface area contributed by atoms with Crippen molar-refractivity contribution in [3.05, 3.63) is 39.7 Å². The lowest BCUT2D eigenvalue weighted by Gasteiger charge is -2.03. The molecule has 0 atom stereocenters. The Morgan fingerprint density at radius 2 is 2.35 bits per heavy atom. The zero-order valence-corrected chi connectivity index (χ0v) is 11.4. The van der Waals surface area contributed by atoms with Crippen molar-refractivity contribution in [1.29, 1.82) is 0 Å². The first kappa shape index (κ1) is 12.4. The molecule has 0 saturated heterocycles. The monoisotopic (exact) mass is 316 g/mol. The van der Waals surface area contributed by atoms with Crippen LogP contribution in [0.25, 0.3) is 0 Å². The highest BCUT2D eigenvalue weighted by atomic mass is 79.9. The maximum atomic E-state index is 5.99. The number of halogens is 2. The van der Waals surface area contributed by atoms with Gasteiger partial charge in [0.25, 0.3) is 0 Å². The van der Waals surface area contributed by atoms with E-state index in [0.717, 1.165) is 10.2 Å². The molecule has 0 unspecified atom stereocenters. The molecule has 2 aromatic rings. The van der Waals surface area contributed by atoms with Crippen LogP contribution >= 0.6 is 27.5 Å². The number of ether oxygens (including phenoxy) is 1. The molecule has 0 aliphatic carbocycles. The van der Waals surface area contributed by atoms with Gasteiger partial charge in [0.1, 0.15) is 6.26 Å². The number of hydrogen-bond donors (Lipinski definition) is 1. The highest BCUT2D eigenvalue weighted by Crippen LogP contribution is 2.31. The molecule has 1 heterocycles. The van der Waals surface area contributed by atoms with E-state index in [1.54, 1.807) is 12.1 Å². The van der Waals surface area contributed by atoms with Gasteiger partial charge in [-0.05, 0) is 25.2 Å². The normalized spacial score (nSPS) is 10.5. The minimum Gasteiger partial charge on any atom is -0.417 e. The minimum atomic E-state index is 0.176. The van der Waals surface area contributed by atoms with Gasteiger partial charge in [-0.1, -0.05) is 27.5 Å². The van der Waals surface area contributed by atoms with Gasteiger partial charge in [0.15, 0.2) is 5.75 Å². The van der Waals surface area contributed by atoms with E-state index in [0.29, 0.717) is 17.3 Å². The van der Waals surface area contributed by atoms with E-state index in [2.05, 4.69) is 26.2 Å².